The zero-order chi connectivity index (χ0) is 21.3. The van der Waals surface area contributed by atoms with E-state index in [4.69, 9.17) is 16.3 Å². The first-order valence-electron chi connectivity index (χ1n) is 8.25. The molecule has 0 spiro atoms. The number of carbonyl (C=O) groups excluding carboxylic acids is 2. The Kier molecular flexibility index (Phi) is 5.47. The first-order valence-corrected chi connectivity index (χ1v) is 8.63. The van der Waals surface area contributed by atoms with Gasteiger partial charge >= 0.3 is 6.18 Å². The highest BCUT2D eigenvalue weighted by molar-refractivity contribution is 6.32. The van der Waals surface area contributed by atoms with Gasteiger partial charge in [0.2, 0.25) is 5.91 Å². The molecule has 0 aliphatic carbocycles. The molecular formula is C18H12ClF3N2O5. The van der Waals surface area contributed by atoms with Crippen LogP contribution in [0.2, 0.25) is 5.02 Å². The fraction of sp³-hybridized carbons (Fsp3) is 0.222. The first-order chi connectivity index (χ1) is 13.6. The molecule has 2 aromatic rings. The molecule has 2 amide bonds. The summed E-state index contributed by atoms with van der Waals surface area (Å²) in [5.74, 6) is -1.49. The number of nitrogens with zero attached hydrogens (tertiary/aromatic N) is 2. The van der Waals surface area contributed by atoms with Crippen molar-refractivity contribution in [2.24, 2.45) is 0 Å². The average Bonchev–Trinajstić information content (AvgIpc) is 3.07. The molecule has 29 heavy (non-hydrogen) atoms. The van der Waals surface area contributed by atoms with E-state index < -0.39 is 34.2 Å². The van der Waals surface area contributed by atoms with Gasteiger partial charge < -0.3 is 4.74 Å². The summed E-state index contributed by atoms with van der Waals surface area (Å²) in [6.45, 7) is 0.143. The number of rotatable bonds is 4. The van der Waals surface area contributed by atoms with Gasteiger partial charge in [0.25, 0.3) is 11.6 Å². The molecule has 0 bridgehead atoms. The lowest BCUT2D eigenvalue weighted by molar-refractivity contribution is -0.385. The summed E-state index contributed by atoms with van der Waals surface area (Å²) >= 11 is 5.84. The van der Waals surface area contributed by atoms with Gasteiger partial charge in [-0.1, -0.05) is 11.6 Å². The van der Waals surface area contributed by atoms with Crippen molar-refractivity contribution in [1.29, 1.82) is 0 Å². The summed E-state index contributed by atoms with van der Waals surface area (Å²) in [5.41, 5.74) is -1.87. The van der Waals surface area contributed by atoms with Crippen LogP contribution in [0.3, 0.4) is 0 Å². The van der Waals surface area contributed by atoms with Crippen molar-refractivity contribution < 1.29 is 32.4 Å². The molecule has 0 radical (unpaired) electrons. The lowest BCUT2D eigenvalue weighted by Gasteiger charge is -2.15. The van der Waals surface area contributed by atoms with Gasteiger partial charge in [0.15, 0.2) is 0 Å². The van der Waals surface area contributed by atoms with E-state index in [0.717, 1.165) is 29.2 Å². The number of halogens is 4. The quantitative estimate of drug-likeness (QED) is 0.395. The average molecular weight is 429 g/mol. The van der Waals surface area contributed by atoms with E-state index in [1.807, 2.05) is 0 Å². The number of nitro benzene ring substituents is 1. The van der Waals surface area contributed by atoms with Crippen LogP contribution in [0, 0.1) is 10.1 Å². The molecule has 11 heteroatoms. The third-order valence-corrected chi connectivity index (χ3v) is 4.50. The summed E-state index contributed by atoms with van der Waals surface area (Å²) in [6, 6.07) is 5.69. The number of ether oxygens (including phenoxy) is 1. The Morgan fingerprint density at radius 2 is 1.93 bits per heavy atom. The molecule has 0 N–H and O–H groups in total. The van der Waals surface area contributed by atoms with Crippen LogP contribution in [0.1, 0.15) is 28.8 Å². The van der Waals surface area contributed by atoms with Crippen LogP contribution in [0.25, 0.3) is 0 Å². The number of hydrogen-bond acceptors (Lipinski definition) is 5. The molecule has 2 aromatic carbocycles. The fourth-order valence-corrected chi connectivity index (χ4v) is 3.02. The van der Waals surface area contributed by atoms with Crippen molar-refractivity contribution in [2.45, 2.75) is 19.0 Å². The molecule has 1 aliphatic rings. The standard InChI is InChI=1S/C18H12ClF3N2O5/c19-13-8-10(18(20,21)22)3-6-15(13)29-11-4-5-14(24(27)28)12(9-11)17(26)23-7-1-2-16(23)25/h3-6,8-9H,1-2,7H2. The van der Waals surface area contributed by atoms with E-state index in [1.54, 1.807) is 0 Å². The Balaban J connectivity index is 1.94. The van der Waals surface area contributed by atoms with E-state index in [0.29, 0.717) is 12.5 Å². The normalized spacial score (nSPS) is 14.2. The Morgan fingerprint density at radius 1 is 1.21 bits per heavy atom. The molecule has 0 unspecified atom stereocenters. The van der Waals surface area contributed by atoms with E-state index in [2.05, 4.69) is 0 Å². The van der Waals surface area contributed by atoms with Crippen molar-refractivity contribution in [1.82, 2.24) is 4.90 Å². The van der Waals surface area contributed by atoms with Crippen LogP contribution in [0.4, 0.5) is 18.9 Å². The lowest BCUT2D eigenvalue weighted by Crippen LogP contribution is -2.32. The van der Waals surface area contributed by atoms with Crippen LogP contribution in [-0.2, 0) is 11.0 Å². The second kappa shape index (κ2) is 7.70. The summed E-state index contributed by atoms with van der Waals surface area (Å²) in [7, 11) is 0. The molecule has 1 aliphatic heterocycles. The maximum absolute atomic E-state index is 12.7. The van der Waals surface area contributed by atoms with Crippen LogP contribution >= 0.6 is 11.6 Å². The number of imide groups is 1. The number of nitro groups is 1. The van der Waals surface area contributed by atoms with Gasteiger partial charge in [0, 0.05) is 25.1 Å². The third-order valence-electron chi connectivity index (χ3n) is 4.20. The van der Waals surface area contributed by atoms with Gasteiger partial charge in [-0.3, -0.25) is 24.6 Å². The maximum atomic E-state index is 12.7. The minimum absolute atomic E-state index is 0.0627. The van der Waals surface area contributed by atoms with Crippen LogP contribution in [0.5, 0.6) is 11.5 Å². The summed E-state index contributed by atoms with van der Waals surface area (Å²) < 4.78 is 43.6. The highest BCUT2D eigenvalue weighted by Crippen LogP contribution is 2.37. The Bertz CT molecular complexity index is 1010. The van der Waals surface area contributed by atoms with Crippen LogP contribution in [0.15, 0.2) is 36.4 Å². The highest BCUT2D eigenvalue weighted by Gasteiger charge is 2.33. The molecular weight excluding hydrogens is 417 g/mol. The SMILES string of the molecule is O=C1CCCN1C(=O)c1cc(Oc2ccc(C(F)(F)F)cc2Cl)ccc1[N+](=O)[O-]. The summed E-state index contributed by atoms with van der Waals surface area (Å²) in [5, 5.41) is 10.9. The first kappa shape index (κ1) is 20.6. The molecule has 0 aromatic heterocycles. The molecule has 7 nitrogen and oxygen atoms in total. The largest absolute Gasteiger partial charge is 0.456 e. The number of benzene rings is 2. The van der Waals surface area contributed by atoms with Crippen molar-refractivity contribution in [3.05, 3.63) is 62.7 Å². The van der Waals surface area contributed by atoms with Crippen LogP contribution < -0.4 is 4.74 Å². The van der Waals surface area contributed by atoms with Crippen molar-refractivity contribution >= 4 is 29.1 Å². The van der Waals surface area contributed by atoms with Crippen molar-refractivity contribution in [2.75, 3.05) is 6.54 Å². The third kappa shape index (κ3) is 4.32. The van der Waals surface area contributed by atoms with E-state index in [1.165, 1.54) is 6.07 Å². The van der Waals surface area contributed by atoms with E-state index >= 15 is 0 Å². The predicted molar refractivity (Wildman–Crippen MR) is 94.9 cm³/mol. The zero-order valence-corrected chi connectivity index (χ0v) is 15.3. The molecule has 1 heterocycles. The number of carbonyl (C=O) groups is 2. The number of amides is 2. The minimum Gasteiger partial charge on any atom is -0.456 e. The summed E-state index contributed by atoms with van der Waals surface area (Å²) in [4.78, 5) is 35.8. The Morgan fingerprint density at radius 3 is 2.48 bits per heavy atom. The number of hydrogen-bond donors (Lipinski definition) is 0. The van der Waals surface area contributed by atoms with Crippen LogP contribution in [-0.4, -0.2) is 28.2 Å². The molecule has 152 valence electrons. The lowest BCUT2D eigenvalue weighted by atomic mass is 10.1. The molecule has 0 atom stereocenters. The predicted octanol–water partition coefficient (Wildman–Crippen LogP) is 4.82. The van der Waals surface area contributed by atoms with Gasteiger partial charge in [-0.25, -0.2) is 0 Å². The Labute approximate surface area is 166 Å². The maximum Gasteiger partial charge on any atom is 0.416 e. The molecule has 3 rings (SSSR count). The Hall–Kier alpha value is -3.14. The van der Waals surface area contributed by atoms with Gasteiger partial charge in [-0.2, -0.15) is 13.2 Å². The topological polar surface area (TPSA) is 89.8 Å². The zero-order valence-electron chi connectivity index (χ0n) is 14.5. The second-order valence-corrected chi connectivity index (χ2v) is 6.54. The van der Waals surface area contributed by atoms with Crippen molar-refractivity contribution in [3.8, 4) is 11.5 Å². The number of alkyl halides is 3. The highest BCUT2D eigenvalue weighted by atomic mass is 35.5. The van der Waals surface area contributed by atoms with Gasteiger partial charge in [0.1, 0.15) is 17.1 Å². The monoisotopic (exact) mass is 428 g/mol. The van der Waals surface area contributed by atoms with Crippen molar-refractivity contribution in [3.63, 3.8) is 0 Å². The second-order valence-electron chi connectivity index (χ2n) is 6.14. The minimum atomic E-state index is -4.59. The van der Waals surface area contributed by atoms with E-state index in [-0.39, 0.29) is 35.1 Å². The smallest absolute Gasteiger partial charge is 0.416 e. The molecule has 0 saturated carbocycles. The van der Waals surface area contributed by atoms with Gasteiger partial charge in [-0.15, -0.1) is 0 Å². The fourth-order valence-electron chi connectivity index (χ4n) is 2.80. The van der Waals surface area contributed by atoms with Gasteiger partial charge in [-0.05, 0) is 30.7 Å². The summed E-state index contributed by atoms with van der Waals surface area (Å²) in [6.07, 6.45) is -3.97. The molecule has 1 saturated heterocycles. The molecule has 1 fully saturated rings. The number of likely N-dealkylation sites (tertiary alicyclic amines) is 1. The van der Waals surface area contributed by atoms with Gasteiger partial charge in [0.05, 0.1) is 15.5 Å². The van der Waals surface area contributed by atoms with E-state index in [9.17, 15) is 32.9 Å².